The molecule has 1 fully saturated rings. The molecule has 1 atom stereocenters. The lowest BCUT2D eigenvalue weighted by Crippen LogP contribution is -2.49. The van der Waals surface area contributed by atoms with Gasteiger partial charge >= 0.3 is 12.0 Å². The highest BCUT2D eigenvalue weighted by molar-refractivity contribution is 5.94. The van der Waals surface area contributed by atoms with Gasteiger partial charge in [0.15, 0.2) is 0 Å². The van der Waals surface area contributed by atoms with Gasteiger partial charge in [0.1, 0.15) is 17.7 Å². The molecule has 212 valence electrons. The van der Waals surface area contributed by atoms with Gasteiger partial charge in [-0.2, -0.15) is 0 Å². The van der Waals surface area contributed by atoms with Crippen molar-refractivity contribution < 1.29 is 14.3 Å². The maximum absolute atomic E-state index is 13.2. The van der Waals surface area contributed by atoms with Crippen molar-refractivity contribution in [3.63, 3.8) is 0 Å². The van der Waals surface area contributed by atoms with Gasteiger partial charge in [-0.15, -0.1) is 0 Å². The van der Waals surface area contributed by atoms with E-state index in [0.717, 1.165) is 27.7 Å². The van der Waals surface area contributed by atoms with Crippen LogP contribution >= 0.6 is 0 Å². The van der Waals surface area contributed by atoms with Crippen LogP contribution in [0.15, 0.2) is 78.9 Å². The van der Waals surface area contributed by atoms with Gasteiger partial charge in [0.2, 0.25) is 0 Å². The first-order chi connectivity index (χ1) is 19.9. The van der Waals surface area contributed by atoms with Gasteiger partial charge in [0.25, 0.3) is 0 Å². The lowest BCUT2D eigenvalue weighted by molar-refractivity contribution is -0.142. The van der Waals surface area contributed by atoms with Crippen LogP contribution in [0.1, 0.15) is 19.7 Å². The third-order valence-corrected chi connectivity index (χ3v) is 7.34. The Balaban J connectivity index is 1.25. The zero-order chi connectivity index (χ0) is 28.8. The quantitative estimate of drug-likeness (QED) is 0.288. The average Bonchev–Trinajstić information content (AvgIpc) is 3.00. The molecule has 3 aromatic carbocycles. The number of amides is 2. The molecule has 2 amide bonds. The molecule has 0 bridgehead atoms. The van der Waals surface area contributed by atoms with Crippen molar-refractivity contribution in [3.8, 4) is 11.1 Å². The molecular weight excluding hydrogens is 516 g/mol. The van der Waals surface area contributed by atoms with Crippen LogP contribution in [0.5, 0.6) is 0 Å². The summed E-state index contributed by atoms with van der Waals surface area (Å²) in [6.07, 6.45) is 0. The summed E-state index contributed by atoms with van der Waals surface area (Å²) < 4.78 is 5.02. The minimum atomic E-state index is -0.528. The molecule has 0 unspecified atom stereocenters. The van der Waals surface area contributed by atoms with Gasteiger partial charge in [-0.3, -0.25) is 4.90 Å². The molecule has 1 saturated heterocycles. The Bertz CT molecular complexity index is 1500. The Kier molecular flexibility index (Phi) is 8.74. The summed E-state index contributed by atoms with van der Waals surface area (Å²) in [7, 11) is 1.39. The number of methoxy groups -OCH3 is 1. The van der Waals surface area contributed by atoms with Crippen LogP contribution in [0.25, 0.3) is 22.0 Å². The van der Waals surface area contributed by atoms with Gasteiger partial charge < -0.3 is 20.3 Å². The normalized spacial score (nSPS) is 14.6. The van der Waals surface area contributed by atoms with Gasteiger partial charge in [-0.25, -0.2) is 19.6 Å². The SMILES string of the molecule is COC(=O)[C@@H](Nc1nc(CN2CCN(C(=O)Nc3ccccc3-c3ccccc3)CC2)nc2ccccc12)C(C)C. The van der Waals surface area contributed by atoms with Crippen molar-refractivity contribution in [2.45, 2.75) is 26.4 Å². The lowest BCUT2D eigenvalue weighted by Gasteiger charge is -2.34. The molecule has 0 spiro atoms. The van der Waals surface area contributed by atoms with Crippen molar-refractivity contribution >= 4 is 34.4 Å². The topological polar surface area (TPSA) is 99.7 Å². The number of piperazine rings is 1. The predicted octanol–water partition coefficient (Wildman–Crippen LogP) is 5.26. The number of hydrogen-bond donors (Lipinski definition) is 2. The van der Waals surface area contributed by atoms with E-state index >= 15 is 0 Å². The maximum Gasteiger partial charge on any atom is 0.328 e. The minimum Gasteiger partial charge on any atom is -0.467 e. The van der Waals surface area contributed by atoms with Crippen molar-refractivity contribution in [2.24, 2.45) is 5.92 Å². The number of benzene rings is 3. The van der Waals surface area contributed by atoms with Crippen molar-refractivity contribution in [3.05, 3.63) is 84.7 Å². The van der Waals surface area contributed by atoms with E-state index in [1.54, 1.807) is 0 Å². The highest BCUT2D eigenvalue weighted by Crippen LogP contribution is 2.28. The fourth-order valence-electron chi connectivity index (χ4n) is 5.04. The van der Waals surface area contributed by atoms with Crippen LogP contribution in [0, 0.1) is 5.92 Å². The largest absolute Gasteiger partial charge is 0.467 e. The second-order valence-corrected chi connectivity index (χ2v) is 10.5. The summed E-state index contributed by atoms with van der Waals surface area (Å²) in [5.41, 5.74) is 3.65. The molecule has 2 heterocycles. The van der Waals surface area contributed by atoms with E-state index in [0.29, 0.717) is 44.4 Å². The van der Waals surface area contributed by atoms with Crippen LogP contribution in [0.4, 0.5) is 16.3 Å². The molecule has 41 heavy (non-hydrogen) atoms. The number of urea groups is 1. The number of ether oxygens (including phenoxy) is 1. The number of para-hydroxylation sites is 2. The Morgan fingerprint density at radius 3 is 2.29 bits per heavy atom. The molecule has 9 heteroatoms. The summed E-state index contributed by atoms with van der Waals surface area (Å²) in [5, 5.41) is 7.27. The molecule has 5 rings (SSSR count). The summed E-state index contributed by atoms with van der Waals surface area (Å²) in [4.78, 5) is 39.3. The summed E-state index contributed by atoms with van der Waals surface area (Å²) in [6, 6.07) is 25.0. The third-order valence-electron chi connectivity index (χ3n) is 7.34. The first kappa shape index (κ1) is 28.0. The van der Waals surface area contributed by atoms with E-state index in [1.807, 2.05) is 97.6 Å². The Morgan fingerprint density at radius 1 is 0.878 bits per heavy atom. The highest BCUT2D eigenvalue weighted by atomic mass is 16.5. The van der Waals surface area contributed by atoms with E-state index in [2.05, 4.69) is 15.5 Å². The number of hydrogen-bond acceptors (Lipinski definition) is 7. The summed E-state index contributed by atoms with van der Waals surface area (Å²) >= 11 is 0. The number of aromatic nitrogens is 2. The van der Waals surface area contributed by atoms with Crippen molar-refractivity contribution in [1.29, 1.82) is 0 Å². The van der Waals surface area contributed by atoms with Crippen LogP contribution in [-0.2, 0) is 16.1 Å². The zero-order valence-corrected chi connectivity index (χ0v) is 23.7. The molecule has 0 aliphatic carbocycles. The summed E-state index contributed by atoms with van der Waals surface area (Å²) in [6.45, 7) is 7.05. The monoisotopic (exact) mass is 552 g/mol. The molecule has 1 aromatic heterocycles. The van der Waals surface area contributed by atoms with E-state index in [-0.39, 0.29) is 17.9 Å². The number of nitrogens with zero attached hydrogens (tertiary/aromatic N) is 4. The Hall–Kier alpha value is -4.50. The molecule has 2 N–H and O–H groups in total. The molecular formula is C32H36N6O3. The number of carbonyl (C=O) groups excluding carboxylic acids is 2. The fourth-order valence-corrected chi connectivity index (χ4v) is 5.04. The average molecular weight is 553 g/mol. The molecule has 4 aromatic rings. The lowest BCUT2D eigenvalue weighted by atomic mass is 10.0. The number of carbonyl (C=O) groups is 2. The second-order valence-electron chi connectivity index (χ2n) is 10.5. The highest BCUT2D eigenvalue weighted by Gasteiger charge is 2.26. The second kappa shape index (κ2) is 12.8. The molecule has 1 aliphatic heterocycles. The van der Waals surface area contributed by atoms with E-state index < -0.39 is 6.04 Å². The van der Waals surface area contributed by atoms with Crippen molar-refractivity contribution in [1.82, 2.24) is 19.8 Å². The minimum absolute atomic E-state index is 0.0125. The van der Waals surface area contributed by atoms with Gasteiger partial charge in [-0.1, -0.05) is 74.5 Å². The van der Waals surface area contributed by atoms with Crippen LogP contribution in [-0.4, -0.2) is 71.1 Å². The Morgan fingerprint density at radius 2 is 1.56 bits per heavy atom. The molecule has 0 saturated carbocycles. The van der Waals surface area contributed by atoms with E-state index in [9.17, 15) is 9.59 Å². The third kappa shape index (κ3) is 6.63. The molecule has 0 radical (unpaired) electrons. The first-order valence-electron chi connectivity index (χ1n) is 14.0. The number of anilines is 2. The van der Waals surface area contributed by atoms with Crippen molar-refractivity contribution in [2.75, 3.05) is 43.9 Å². The maximum atomic E-state index is 13.2. The first-order valence-corrected chi connectivity index (χ1v) is 14.0. The molecule has 1 aliphatic rings. The number of esters is 1. The van der Waals surface area contributed by atoms with Gasteiger partial charge in [0, 0.05) is 37.1 Å². The van der Waals surface area contributed by atoms with Gasteiger partial charge in [-0.05, 0) is 29.7 Å². The Labute approximate surface area is 240 Å². The fraction of sp³-hybridized carbons (Fsp3) is 0.312. The number of nitrogens with one attached hydrogen (secondary N) is 2. The smallest absolute Gasteiger partial charge is 0.328 e. The van der Waals surface area contributed by atoms with Crippen LogP contribution in [0.2, 0.25) is 0 Å². The van der Waals surface area contributed by atoms with Crippen LogP contribution < -0.4 is 10.6 Å². The van der Waals surface area contributed by atoms with Crippen LogP contribution in [0.3, 0.4) is 0 Å². The number of rotatable bonds is 8. The standard InChI is InChI=1S/C32H36N6O3/c1-22(2)29(31(39)41-3)36-30-25-14-8-10-16-27(25)33-28(35-30)21-37-17-19-38(20-18-37)32(40)34-26-15-9-7-13-24(26)23-11-5-4-6-12-23/h4-16,22,29H,17-21H2,1-3H3,(H,34,40)(H,33,35,36)/t29-/m0/s1. The van der Waals surface area contributed by atoms with E-state index in [4.69, 9.17) is 14.7 Å². The van der Waals surface area contributed by atoms with E-state index in [1.165, 1.54) is 7.11 Å². The molecule has 9 nitrogen and oxygen atoms in total. The van der Waals surface area contributed by atoms with Gasteiger partial charge in [0.05, 0.1) is 24.9 Å². The number of fused-ring (bicyclic) bond motifs is 1. The summed E-state index contributed by atoms with van der Waals surface area (Å²) in [5.74, 6) is 0.960. The zero-order valence-electron chi connectivity index (χ0n) is 23.7. The predicted molar refractivity (Wildman–Crippen MR) is 162 cm³/mol.